The molecule has 1 N–H and O–H groups in total. The summed E-state index contributed by atoms with van der Waals surface area (Å²) in [5.74, 6) is -1.00. The Bertz CT molecular complexity index is 581. The third-order valence-electron chi connectivity index (χ3n) is 3.71. The molecule has 0 aromatic heterocycles. The molecule has 1 aromatic rings. The molecule has 1 rings (SSSR count). The van der Waals surface area contributed by atoms with E-state index in [0.717, 1.165) is 12.0 Å². The van der Waals surface area contributed by atoms with Crippen LogP contribution in [0.4, 0.5) is 0 Å². The van der Waals surface area contributed by atoms with Gasteiger partial charge in [-0.05, 0) is 44.7 Å². The predicted molar refractivity (Wildman–Crippen MR) is 218 cm³/mol. The van der Waals surface area contributed by atoms with Crippen LogP contribution >= 0.6 is 11.6 Å². The van der Waals surface area contributed by atoms with Crippen LogP contribution < -0.4 is 5.32 Å². The van der Waals surface area contributed by atoms with Crippen molar-refractivity contribution in [2.24, 2.45) is 5.89 Å². The summed E-state index contributed by atoms with van der Waals surface area (Å²) in [6, 6.07) is 4.74. The van der Waals surface area contributed by atoms with Crippen LogP contribution in [0, 0.1) is 12.8 Å². The molecule has 20 heavy (non-hydrogen) atoms. The van der Waals surface area contributed by atoms with Crippen LogP contribution in [0.1, 0.15) is 148 Å². The van der Waals surface area contributed by atoms with Crippen molar-refractivity contribution >= 4 is 17.4 Å². The molecule has 0 fully saturated rings. The molecule has 3 heteroatoms. The van der Waals surface area contributed by atoms with Crippen LogP contribution in [0.5, 0.6) is 0 Å². The lowest BCUT2D eigenvalue weighted by Crippen LogP contribution is -2.51. The molecule has 2 nitrogen and oxygen atoms in total. The first kappa shape index (κ1) is 14.1. The fourth-order valence-electron chi connectivity index (χ4n) is 1.88. The Kier molecular flexibility index (Phi) is 4.74. The summed E-state index contributed by atoms with van der Waals surface area (Å²) in [6.07, 6.45) is 0.877. The number of hydrogen-bond donors (Lipinski definition) is 1. The number of ketones is 1. The highest BCUT2D eigenvalue weighted by molar-refractivity contribution is 6.31. The molecule has 0 aliphatic carbocycles. The van der Waals surface area contributed by atoms with E-state index in [1.54, 1.807) is 26.0 Å². The zero-order chi connectivity index (χ0) is 18.4. The third kappa shape index (κ3) is 4.32. The predicted octanol–water partition coefficient (Wildman–Crippen LogP) is 19.9. The fraction of sp³-hybridized carbons (Fsp3) is 0.588. The lowest BCUT2D eigenvalue weighted by Gasteiger charge is -2.32. The van der Waals surface area contributed by atoms with Gasteiger partial charge in [-0.3, -0.25) is 4.79 Å². The van der Waals surface area contributed by atoms with Crippen LogP contribution in [0.25, 0.3) is 0 Å². The number of hydrogen-bond acceptors (Lipinski definition) is 2. The summed E-state index contributed by atoms with van der Waals surface area (Å²) in [6.45, 7) is 11.6. The Morgan fingerprint density at radius 3 is 2.65 bits per heavy atom. The molecule has 1 unspecified atom stereocenters. The van der Waals surface area contributed by atoms with Gasteiger partial charge in [0.2, 0.25) is 0 Å². The second-order valence-electron chi connectivity index (χ2n) is 6.22. The topological polar surface area (TPSA) is 29.1 Å². The van der Waals surface area contributed by atoms with Crippen molar-refractivity contribution in [2.45, 2.75) is 59.5 Å². The van der Waals surface area contributed by atoms with Crippen molar-refractivity contribution in [1.82, 2.24) is 5.32 Å². The minimum atomic E-state index is -0.916. The zero-order valence-electron chi connectivity index (χ0n) is 16.3. The molecule has 1 atom stereocenters. The molecule has 0 bridgehead atoms. The van der Waals surface area contributed by atoms with E-state index in [1.165, 1.54) is 0 Å². The standard InChI is InChI=1S/C17H26ClNO.62H2/c1-7-17(5,6)19-15(11(2)3)16(20)13-9-8-12(4)14(18)10-13;;;;;;;;;;;;;;;;;;;;;;;;;;;;;;;;;;;;;;;;;;;;;;;;;;;;;;;;;;;;;;/h8-11,15,19H,7H2,1-6H3;62*1H/i11D;1+1D;;;;;;;;;;;;;;;;;;;;;;;;;;;;;;;;;;;;;;;;;;;;;;;;;;;;;;;;;;;;;. The van der Waals surface area contributed by atoms with Gasteiger partial charge in [-0.2, -0.15) is 0 Å². The van der Waals surface area contributed by atoms with Gasteiger partial charge in [0.25, 0.3) is 0 Å². The molecule has 0 spiro atoms. The van der Waals surface area contributed by atoms with Crippen molar-refractivity contribution in [3.63, 3.8) is 0 Å². The van der Waals surface area contributed by atoms with Gasteiger partial charge in [-0.1, -0.05) is 44.5 Å². The average molecular weight is 424 g/mol. The maximum Gasteiger partial charge on any atom is 0.180 e. The van der Waals surface area contributed by atoms with Gasteiger partial charge in [0.05, 0.1) is 6.04 Å². The first-order chi connectivity index (χ1) is 10.5. The summed E-state index contributed by atoms with van der Waals surface area (Å²) in [7, 11) is 0. The van der Waals surface area contributed by atoms with Gasteiger partial charge in [-0.25, -0.2) is 0 Å². The molecular formula is C17H150ClNO. The number of carbonyl (C=O) groups excluding carboxylic acids is 1. The monoisotopic (exact) mass is 423 g/mol. The van der Waals surface area contributed by atoms with Crippen molar-refractivity contribution in [3.8, 4) is 0 Å². The number of nitrogens with one attached hydrogen (secondary N) is 1. The first-order valence-electron chi connectivity index (χ1n) is 8.56. The van der Waals surface area contributed by atoms with Crippen LogP contribution in [0.2, 0.25) is 5.02 Å². The number of halogens is 1. The normalized spacial score (nSPS) is 15.2. The minimum Gasteiger partial charge on any atom is -0.302 e. The summed E-state index contributed by atoms with van der Waals surface area (Å²) in [5, 5.41) is 3.92. The highest BCUT2D eigenvalue weighted by Gasteiger charge is 2.28. The number of aryl methyl sites for hydroxylation is 1. The van der Waals surface area contributed by atoms with E-state index in [1.807, 2.05) is 26.8 Å². The molecule has 0 amide bonds. The van der Waals surface area contributed by atoms with E-state index in [4.69, 9.17) is 15.9 Å². The Labute approximate surface area is 223 Å². The first-order valence-corrected chi connectivity index (χ1v) is 7.44. The smallest absolute Gasteiger partial charge is 0.180 e. The largest absolute Gasteiger partial charge is 0.302 e. The number of carbonyl (C=O) groups is 1. The van der Waals surface area contributed by atoms with Gasteiger partial charge in [0.15, 0.2) is 5.78 Å². The Morgan fingerprint density at radius 2 is 2.20 bits per heavy atom. The summed E-state index contributed by atoms with van der Waals surface area (Å²) < 4.78 is 18.3. The molecule has 0 heterocycles. The molecule has 1 aromatic carbocycles. The SMILES string of the molecule is [2H]C(C)(C)C(NC(C)(C)CC)C(=O)c1ccc(C)c(Cl)c1.[2H][2H].[HH].[HH].[HH].[HH].[HH].[HH].[HH].[HH].[HH].[HH].[HH].[HH].[HH].[HH].[HH].[HH].[HH].[HH].[HH].[HH].[HH].[HH].[HH].[HH].[HH].[HH].[HH].[HH].[HH].[HH].[HH].[HH].[HH].[HH].[HH].[HH].[HH].[HH].[HH].[HH].[HH].[HH].[HH].[HH].[HH].[HH].[HH].[HH].[HH].[HH].[HH].[HH].[HH].[HH].[HH].[HH].[HH].[HH].[HH].[HH].[HH]. The molecule has 0 saturated heterocycles. The van der Waals surface area contributed by atoms with Gasteiger partial charge < -0.3 is 5.32 Å². The lowest BCUT2D eigenvalue weighted by molar-refractivity contribution is 0.0890. The molecule has 236 valence electrons. The van der Waals surface area contributed by atoms with Crippen LogP contribution in [0.15, 0.2) is 18.2 Å². The Balaban J connectivity index is -0.00000000127. The van der Waals surface area contributed by atoms with E-state index < -0.39 is 11.9 Å². The van der Waals surface area contributed by atoms with E-state index >= 15 is 0 Å². The lowest BCUT2D eigenvalue weighted by atomic mass is 9.90. The molecule has 0 aliphatic heterocycles. The van der Waals surface area contributed by atoms with Crippen LogP contribution in [0.3, 0.4) is 0 Å². The quantitative estimate of drug-likeness (QED) is 0.461. The Morgan fingerprint density at radius 1 is 1.60 bits per heavy atom. The minimum absolute atomic E-state index is 0. The maximum absolute atomic E-state index is 12.8. The highest BCUT2D eigenvalue weighted by atomic mass is 35.5. The van der Waals surface area contributed by atoms with E-state index in [9.17, 15) is 4.79 Å². The van der Waals surface area contributed by atoms with Gasteiger partial charge in [-0.15, -0.1) is 0 Å². The summed E-state index contributed by atoms with van der Waals surface area (Å²) >= 11 is 6.12. The van der Waals surface area contributed by atoms with E-state index in [2.05, 4.69) is 12.2 Å². The van der Waals surface area contributed by atoms with E-state index in [0.29, 0.717) is 10.6 Å². The van der Waals surface area contributed by atoms with E-state index in [-0.39, 0.29) is 98.3 Å². The number of benzene rings is 1. The number of Topliss-reactive ketones (excluding diaryl/α,β-unsaturated/α-hetero) is 1. The van der Waals surface area contributed by atoms with Gasteiger partial charge >= 0.3 is 0 Å². The molecular weight excluding hydrogens is 270 g/mol. The second-order valence-corrected chi connectivity index (χ2v) is 6.63. The van der Waals surface area contributed by atoms with Crippen molar-refractivity contribution < 1.29 is 96.2 Å². The summed E-state index contributed by atoms with van der Waals surface area (Å²) in [4.78, 5) is 12.8. The third-order valence-corrected chi connectivity index (χ3v) is 4.12. The van der Waals surface area contributed by atoms with Crippen LogP contribution in [-0.2, 0) is 0 Å². The van der Waals surface area contributed by atoms with Crippen molar-refractivity contribution in [2.75, 3.05) is 0 Å². The fourth-order valence-corrected chi connectivity index (χ4v) is 2.06. The van der Waals surface area contributed by atoms with Gasteiger partial charge in [0, 0.05) is 107 Å². The average Bonchev–Trinajstić information content (AvgIpc) is 2.48. The second kappa shape index (κ2) is 6.73. The number of rotatable bonds is 6. The molecule has 0 saturated carbocycles. The highest BCUT2D eigenvalue weighted by Crippen LogP contribution is 2.21. The van der Waals surface area contributed by atoms with Gasteiger partial charge in [0.1, 0.15) is 0 Å². The zero-order valence-corrected chi connectivity index (χ0v) is 14.1. The molecule has 0 aliphatic rings. The van der Waals surface area contributed by atoms with Crippen molar-refractivity contribution in [1.29, 1.82) is 0 Å². The van der Waals surface area contributed by atoms with Crippen molar-refractivity contribution in [3.05, 3.63) is 34.3 Å². The summed E-state index contributed by atoms with van der Waals surface area (Å²) in [5.41, 5.74) is 1.29. The molecule has 0 radical (unpaired) electrons. The Hall–Kier alpha value is -0.860. The maximum atomic E-state index is 12.8. The van der Waals surface area contributed by atoms with Crippen LogP contribution in [-0.4, -0.2) is 17.4 Å².